The summed E-state index contributed by atoms with van der Waals surface area (Å²) in [4.78, 5) is 12.5. The van der Waals surface area contributed by atoms with E-state index in [2.05, 4.69) is 13.8 Å². The van der Waals surface area contributed by atoms with Crippen LogP contribution in [0.3, 0.4) is 0 Å². The molecule has 5 aliphatic rings. The number of ketones is 1. The zero-order chi connectivity index (χ0) is 16.2. The van der Waals surface area contributed by atoms with E-state index in [1.165, 1.54) is 32.1 Å². The number of rotatable bonds is 1. The Balaban J connectivity index is 1.54. The normalized spacial score (nSPS) is 63.0. The van der Waals surface area contributed by atoms with Crippen molar-refractivity contribution in [2.45, 2.75) is 78.2 Å². The van der Waals surface area contributed by atoms with Gasteiger partial charge in [0, 0.05) is 5.41 Å². The first kappa shape index (κ1) is 14.9. The molecule has 23 heavy (non-hydrogen) atoms. The molecule has 0 aliphatic heterocycles. The van der Waals surface area contributed by atoms with E-state index < -0.39 is 0 Å². The Hall–Kier alpha value is -0.370. The highest BCUT2D eigenvalue weighted by Gasteiger charge is 2.78. The summed E-state index contributed by atoms with van der Waals surface area (Å²) in [6.45, 7) is 6.60. The molecule has 0 saturated heterocycles. The summed E-state index contributed by atoms with van der Waals surface area (Å²) in [6.07, 6.45) is 9.73. The molecule has 0 amide bonds. The van der Waals surface area contributed by atoms with Gasteiger partial charge in [-0.3, -0.25) is 4.79 Å². The zero-order valence-electron chi connectivity index (χ0n) is 15.0. The van der Waals surface area contributed by atoms with Crippen molar-refractivity contribution >= 4 is 5.78 Å². The molecule has 5 fully saturated rings. The van der Waals surface area contributed by atoms with Gasteiger partial charge in [0.2, 0.25) is 0 Å². The average molecular weight is 316 g/mol. The lowest BCUT2D eigenvalue weighted by Gasteiger charge is -2.49. The maximum atomic E-state index is 12.5. The Morgan fingerprint density at radius 3 is 2.57 bits per heavy atom. The summed E-state index contributed by atoms with van der Waals surface area (Å²) in [5.74, 6) is 4.69. The minimum Gasteiger partial charge on any atom is -0.393 e. The molecular weight excluding hydrogens is 284 g/mol. The number of aliphatic hydroxyl groups excluding tert-OH is 1. The van der Waals surface area contributed by atoms with Crippen LogP contribution in [-0.2, 0) is 4.79 Å². The lowest BCUT2D eigenvalue weighted by Crippen LogP contribution is -2.46. The number of carbonyl (C=O) groups excluding carboxylic acids is 1. The van der Waals surface area contributed by atoms with Gasteiger partial charge < -0.3 is 5.11 Å². The van der Waals surface area contributed by atoms with Crippen molar-refractivity contribution in [1.82, 2.24) is 0 Å². The van der Waals surface area contributed by atoms with E-state index in [1.807, 2.05) is 6.92 Å². The summed E-state index contributed by atoms with van der Waals surface area (Å²) in [5, 5.41) is 10.1. The highest BCUT2D eigenvalue weighted by Crippen LogP contribution is 2.84. The molecule has 0 heterocycles. The Morgan fingerprint density at radius 2 is 1.83 bits per heavy atom. The molecular formula is C21H32O2. The van der Waals surface area contributed by atoms with Gasteiger partial charge in [0.25, 0.3) is 0 Å². The Kier molecular flexibility index (Phi) is 2.75. The fourth-order valence-electron chi connectivity index (χ4n) is 8.77. The molecule has 5 aliphatic carbocycles. The minimum atomic E-state index is -0.0846. The van der Waals surface area contributed by atoms with Crippen molar-refractivity contribution in [3.63, 3.8) is 0 Å². The van der Waals surface area contributed by atoms with Gasteiger partial charge in [-0.25, -0.2) is 0 Å². The van der Waals surface area contributed by atoms with Crippen LogP contribution in [0.2, 0.25) is 0 Å². The van der Waals surface area contributed by atoms with E-state index in [1.54, 1.807) is 0 Å². The van der Waals surface area contributed by atoms with E-state index >= 15 is 0 Å². The van der Waals surface area contributed by atoms with Gasteiger partial charge in [-0.05, 0) is 98.7 Å². The number of fused-ring (bicyclic) bond motifs is 2. The molecule has 5 saturated carbocycles. The average Bonchev–Trinajstić information content (AvgIpc) is 3.04. The van der Waals surface area contributed by atoms with Crippen LogP contribution in [0.15, 0.2) is 0 Å². The first-order chi connectivity index (χ1) is 10.8. The van der Waals surface area contributed by atoms with Crippen LogP contribution in [0, 0.1) is 45.8 Å². The lowest BCUT2D eigenvalue weighted by atomic mass is 9.54. The summed E-state index contributed by atoms with van der Waals surface area (Å²) < 4.78 is 0. The fourth-order valence-corrected chi connectivity index (χ4v) is 8.77. The van der Waals surface area contributed by atoms with Gasteiger partial charge in [-0.1, -0.05) is 13.8 Å². The van der Waals surface area contributed by atoms with Crippen LogP contribution in [0.4, 0.5) is 0 Å². The molecule has 9 atom stereocenters. The molecule has 0 bridgehead atoms. The van der Waals surface area contributed by atoms with Crippen LogP contribution in [-0.4, -0.2) is 17.0 Å². The van der Waals surface area contributed by atoms with Crippen molar-refractivity contribution in [3.05, 3.63) is 0 Å². The highest BCUT2D eigenvalue weighted by molar-refractivity contribution is 5.83. The maximum absolute atomic E-state index is 12.5. The van der Waals surface area contributed by atoms with Crippen LogP contribution < -0.4 is 0 Å². The molecule has 2 nitrogen and oxygen atoms in total. The van der Waals surface area contributed by atoms with Gasteiger partial charge in [0.05, 0.1) is 6.10 Å². The minimum absolute atomic E-state index is 0.0394. The molecule has 1 spiro atoms. The molecule has 5 rings (SSSR count). The van der Waals surface area contributed by atoms with E-state index in [9.17, 15) is 9.90 Å². The van der Waals surface area contributed by atoms with Crippen LogP contribution in [0.25, 0.3) is 0 Å². The lowest BCUT2D eigenvalue weighted by molar-refractivity contribution is -0.135. The third-order valence-corrected chi connectivity index (χ3v) is 10.1. The zero-order valence-corrected chi connectivity index (χ0v) is 15.0. The van der Waals surface area contributed by atoms with Crippen molar-refractivity contribution in [2.24, 2.45) is 45.8 Å². The van der Waals surface area contributed by atoms with Crippen molar-refractivity contribution < 1.29 is 9.90 Å². The van der Waals surface area contributed by atoms with E-state index in [-0.39, 0.29) is 16.9 Å². The van der Waals surface area contributed by atoms with Crippen molar-refractivity contribution in [1.29, 1.82) is 0 Å². The van der Waals surface area contributed by atoms with Gasteiger partial charge in [-0.15, -0.1) is 0 Å². The van der Waals surface area contributed by atoms with Gasteiger partial charge in [0.1, 0.15) is 5.78 Å². The first-order valence-electron chi connectivity index (χ1n) is 10.0. The highest BCUT2D eigenvalue weighted by atomic mass is 16.3. The maximum Gasteiger partial charge on any atom is 0.136 e. The molecule has 0 radical (unpaired) electrons. The molecule has 0 aromatic heterocycles. The summed E-state index contributed by atoms with van der Waals surface area (Å²) in [7, 11) is 0. The Labute approximate surface area is 140 Å². The summed E-state index contributed by atoms with van der Waals surface area (Å²) in [5.41, 5.74) is 0.727. The SMILES string of the molecule is CC(=O)[C@@]1(C)CCC2C3CCC4C[C@H](O)CC[C@@]45C(C[C@@]21C)C35. The largest absolute Gasteiger partial charge is 0.393 e. The van der Waals surface area contributed by atoms with Crippen LogP contribution >= 0.6 is 0 Å². The van der Waals surface area contributed by atoms with Gasteiger partial charge >= 0.3 is 0 Å². The predicted octanol–water partition coefficient (Wildman–Crippen LogP) is 4.21. The van der Waals surface area contributed by atoms with Gasteiger partial charge in [-0.2, -0.15) is 0 Å². The third kappa shape index (κ3) is 1.50. The number of Topliss-reactive ketones (excluding diaryl/α,β-unsaturated/α-hetero) is 1. The van der Waals surface area contributed by atoms with Crippen LogP contribution in [0.5, 0.6) is 0 Å². The number of hydrogen-bond acceptors (Lipinski definition) is 2. The van der Waals surface area contributed by atoms with Crippen molar-refractivity contribution in [3.8, 4) is 0 Å². The molecule has 0 aromatic rings. The molecule has 1 N–H and O–H groups in total. The molecule has 128 valence electrons. The Morgan fingerprint density at radius 1 is 1.04 bits per heavy atom. The second kappa shape index (κ2) is 4.23. The quantitative estimate of drug-likeness (QED) is 0.787. The molecule has 0 aromatic carbocycles. The van der Waals surface area contributed by atoms with Crippen LogP contribution in [0.1, 0.15) is 72.1 Å². The van der Waals surface area contributed by atoms with E-state index in [0.717, 1.165) is 48.9 Å². The van der Waals surface area contributed by atoms with Gasteiger partial charge in [0.15, 0.2) is 0 Å². The second-order valence-electron chi connectivity index (χ2n) is 10.3. The third-order valence-electron chi connectivity index (χ3n) is 10.1. The number of hydrogen-bond donors (Lipinski definition) is 1. The smallest absolute Gasteiger partial charge is 0.136 e. The number of aliphatic hydroxyl groups is 1. The fraction of sp³-hybridized carbons (Fsp3) is 0.952. The van der Waals surface area contributed by atoms with E-state index in [0.29, 0.717) is 11.2 Å². The number of carbonyl (C=O) groups is 1. The second-order valence-corrected chi connectivity index (χ2v) is 10.3. The summed E-state index contributed by atoms with van der Waals surface area (Å²) in [6, 6.07) is 0. The topological polar surface area (TPSA) is 37.3 Å². The Bertz CT molecular complexity index is 570. The molecule has 5 unspecified atom stereocenters. The molecule has 2 heteroatoms. The monoisotopic (exact) mass is 316 g/mol. The summed E-state index contributed by atoms with van der Waals surface area (Å²) >= 11 is 0. The predicted molar refractivity (Wildman–Crippen MR) is 89.7 cm³/mol. The first-order valence-corrected chi connectivity index (χ1v) is 10.0. The standard InChI is InChI=1S/C21H32O2/c1-12(22)19(2)8-7-16-15-5-4-13-10-14(23)6-9-21(13)17(18(15)21)11-20(16,19)3/h13-18,23H,4-11H2,1-3H3/t13?,14-,15?,16?,17?,18?,19-,20+,21+/m1/s1. The van der Waals surface area contributed by atoms with Crippen molar-refractivity contribution in [2.75, 3.05) is 0 Å². The van der Waals surface area contributed by atoms with E-state index in [4.69, 9.17) is 0 Å².